The van der Waals surface area contributed by atoms with Gasteiger partial charge in [0.25, 0.3) is 0 Å². The van der Waals surface area contributed by atoms with Gasteiger partial charge in [-0.05, 0) is 62.7 Å². The lowest BCUT2D eigenvalue weighted by Crippen LogP contribution is -2.78. The van der Waals surface area contributed by atoms with Gasteiger partial charge in [-0.1, -0.05) is 60.7 Å². The van der Waals surface area contributed by atoms with Crippen molar-refractivity contribution in [3.63, 3.8) is 0 Å². The molecule has 2 aromatic heterocycles. The predicted octanol–water partition coefficient (Wildman–Crippen LogP) is 5.75. The molecular weight excluding hydrogens is 488 g/mol. The highest BCUT2D eigenvalue weighted by Gasteiger charge is 2.72. The monoisotopic (exact) mass is 512 g/mol. The van der Waals surface area contributed by atoms with Crippen molar-refractivity contribution < 1.29 is 9.25 Å². The van der Waals surface area contributed by atoms with Crippen LogP contribution in [0.5, 0.6) is 0 Å². The molecule has 0 bridgehead atoms. The number of pyridine rings is 1. The van der Waals surface area contributed by atoms with Gasteiger partial charge >= 0.3 is 5.66 Å². The zero-order valence-corrected chi connectivity index (χ0v) is 21.8. The van der Waals surface area contributed by atoms with Crippen molar-refractivity contribution in [3.8, 4) is 5.69 Å². The van der Waals surface area contributed by atoms with E-state index in [0.717, 1.165) is 12.8 Å². The molecule has 186 valence electrons. The zero-order valence-electron chi connectivity index (χ0n) is 21.8. The number of hydrogen-bond donors (Lipinski definition) is 0. The molecule has 0 amide bonds. The molecule has 0 saturated carbocycles. The fourth-order valence-corrected chi connectivity index (χ4v) is 8.88. The van der Waals surface area contributed by atoms with Gasteiger partial charge in [-0.3, -0.25) is 0 Å². The number of rotatable bonds is 0. The van der Waals surface area contributed by atoms with Crippen molar-refractivity contribution in [1.82, 2.24) is 4.68 Å². The second kappa shape index (κ2) is 6.43. The summed E-state index contributed by atoms with van der Waals surface area (Å²) in [4.78, 5) is 2.60. The molecule has 40 heavy (non-hydrogen) atoms. The summed E-state index contributed by atoms with van der Waals surface area (Å²) in [7, 11) is 0. The Balaban J connectivity index is 1.41. The van der Waals surface area contributed by atoms with Crippen LogP contribution in [0.2, 0.25) is 0 Å². The molecule has 11 rings (SSSR count). The summed E-state index contributed by atoms with van der Waals surface area (Å²) in [6.45, 7) is 0. The van der Waals surface area contributed by atoms with Gasteiger partial charge in [0.15, 0.2) is 11.8 Å². The number of fused-ring (bicyclic) bond motifs is 9. The van der Waals surface area contributed by atoms with Crippen molar-refractivity contribution >= 4 is 17.1 Å². The second-order valence-electron chi connectivity index (χ2n) is 11.8. The van der Waals surface area contributed by atoms with Crippen LogP contribution in [-0.4, -0.2) is 4.68 Å². The first-order valence-corrected chi connectivity index (χ1v) is 14.3. The standard InChI is InChI=1S/C36H24N4/c1-3-11-26-22(9-1)19-24-21-25-20-23-10-2-4-12-27(23)40-30-15-7-14-29-33(30)36(39-18-8-17-38(29)39)34(35(25)40)31(24)32(26)28-13-5-6-16-37(28)36/h1-18,21,32H,19-20H2/q+2. The van der Waals surface area contributed by atoms with Crippen LogP contribution in [0.4, 0.5) is 17.1 Å². The first-order chi connectivity index (χ1) is 19.9. The molecule has 0 fully saturated rings. The van der Waals surface area contributed by atoms with Gasteiger partial charge < -0.3 is 4.90 Å². The van der Waals surface area contributed by atoms with E-state index in [1.807, 2.05) is 0 Å². The van der Waals surface area contributed by atoms with Gasteiger partial charge in [0.2, 0.25) is 11.9 Å². The molecule has 1 aliphatic carbocycles. The average molecular weight is 513 g/mol. The van der Waals surface area contributed by atoms with E-state index in [-0.39, 0.29) is 5.92 Å². The van der Waals surface area contributed by atoms with Crippen LogP contribution in [0.3, 0.4) is 0 Å². The van der Waals surface area contributed by atoms with Crippen molar-refractivity contribution in [2.24, 2.45) is 0 Å². The van der Waals surface area contributed by atoms with Crippen molar-refractivity contribution in [2.75, 3.05) is 4.90 Å². The first-order valence-electron chi connectivity index (χ1n) is 14.3. The Morgan fingerprint density at radius 1 is 0.650 bits per heavy atom. The Labute approximate surface area is 231 Å². The second-order valence-corrected chi connectivity index (χ2v) is 11.8. The first kappa shape index (κ1) is 20.0. The number of hydrogen-bond acceptors (Lipinski definition) is 1. The fourth-order valence-electron chi connectivity index (χ4n) is 8.88. The molecule has 0 N–H and O–H groups in total. The zero-order chi connectivity index (χ0) is 25.7. The Bertz CT molecular complexity index is 2130. The number of aromatic nitrogens is 3. The molecule has 4 heteroatoms. The largest absolute Gasteiger partial charge is 0.443 e. The summed E-state index contributed by atoms with van der Waals surface area (Å²) in [5.41, 5.74) is 17.7. The molecular formula is C36H24N4+2. The molecule has 4 aliphatic heterocycles. The molecule has 0 saturated heterocycles. The molecule has 6 heterocycles. The van der Waals surface area contributed by atoms with Gasteiger partial charge in [0.05, 0.1) is 23.5 Å². The summed E-state index contributed by atoms with van der Waals surface area (Å²) in [5.74, 6) is 0.199. The molecule has 6 aromatic rings. The highest BCUT2D eigenvalue weighted by molar-refractivity contribution is 5.93. The van der Waals surface area contributed by atoms with Crippen LogP contribution in [0.15, 0.2) is 116 Å². The summed E-state index contributed by atoms with van der Waals surface area (Å²) in [6, 6.07) is 36.6. The van der Waals surface area contributed by atoms with E-state index in [9.17, 15) is 0 Å². The minimum atomic E-state index is -0.493. The van der Waals surface area contributed by atoms with Crippen molar-refractivity contribution in [1.29, 1.82) is 0 Å². The Kier molecular flexibility index (Phi) is 3.22. The third-order valence-corrected chi connectivity index (χ3v) is 10.1. The Morgan fingerprint density at radius 3 is 2.42 bits per heavy atom. The SMILES string of the molecule is c1ccc2c(c1)Cc1cc3c4c5c1C2c1cccc[n+]1C51c2c(cccc2-n2ccc[n+]21)N4c1ccccc1C3. The maximum absolute atomic E-state index is 2.61. The number of benzene rings is 4. The van der Waals surface area contributed by atoms with Gasteiger partial charge in [-0.25, -0.2) is 0 Å². The topological polar surface area (TPSA) is 15.9 Å². The van der Waals surface area contributed by atoms with Crippen molar-refractivity contribution in [3.05, 3.63) is 166 Å². The predicted molar refractivity (Wildman–Crippen MR) is 152 cm³/mol. The summed E-state index contributed by atoms with van der Waals surface area (Å²) in [6.07, 6.45) is 8.77. The fraction of sp³-hybridized carbons (Fsp3) is 0.111. The highest BCUT2D eigenvalue weighted by atomic mass is 15.5. The maximum Gasteiger partial charge on any atom is 0.443 e. The maximum atomic E-state index is 2.61. The van der Waals surface area contributed by atoms with Gasteiger partial charge in [0.1, 0.15) is 11.3 Å². The highest BCUT2D eigenvalue weighted by Crippen LogP contribution is 2.62. The van der Waals surface area contributed by atoms with Gasteiger partial charge in [-0.15, -0.1) is 9.25 Å². The average Bonchev–Trinajstić information content (AvgIpc) is 3.59. The van der Waals surface area contributed by atoms with Crippen LogP contribution in [0, 0.1) is 0 Å². The van der Waals surface area contributed by atoms with E-state index in [1.54, 1.807) is 0 Å². The minimum absolute atomic E-state index is 0.199. The summed E-state index contributed by atoms with van der Waals surface area (Å²) >= 11 is 0. The number of anilines is 3. The number of para-hydroxylation sites is 1. The van der Waals surface area contributed by atoms with E-state index >= 15 is 0 Å². The van der Waals surface area contributed by atoms with E-state index < -0.39 is 5.66 Å². The van der Waals surface area contributed by atoms with Crippen LogP contribution in [0.25, 0.3) is 5.69 Å². The molecule has 2 unspecified atom stereocenters. The molecule has 1 spiro atoms. The van der Waals surface area contributed by atoms with E-state index in [1.165, 1.54) is 73.0 Å². The molecule has 4 nitrogen and oxygen atoms in total. The van der Waals surface area contributed by atoms with Gasteiger partial charge in [-0.2, -0.15) is 0 Å². The third-order valence-electron chi connectivity index (χ3n) is 10.1. The smallest absolute Gasteiger partial charge is 0.308 e. The van der Waals surface area contributed by atoms with E-state index in [0.29, 0.717) is 0 Å². The van der Waals surface area contributed by atoms with E-state index in [4.69, 9.17) is 0 Å². The molecule has 5 aliphatic rings. The van der Waals surface area contributed by atoms with Gasteiger partial charge in [0, 0.05) is 30.3 Å². The Hall–Kier alpha value is -4.96. The van der Waals surface area contributed by atoms with Crippen LogP contribution in [0.1, 0.15) is 56.1 Å². The molecule has 2 atom stereocenters. The minimum Gasteiger partial charge on any atom is -0.308 e. The summed E-state index contributed by atoms with van der Waals surface area (Å²) < 4.78 is 7.47. The van der Waals surface area contributed by atoms with Crippen LogP contribution >= 0.6 is 0 Å². The summed E-state index contributed by atoms with van der Waals surface area (Å²) in [5, 5.41) is 0. The number of nitrogens with zero attached hydrogens (tertiary/aromatic N) is 4. The lowest BCUT2D eigenvalue weighted by atomic mass is 9.65. The quantitative estimate of drug-likeness (QED) is 0.236. The normalized spacial score (nSPS) is 20.6. The van der Waals surface area contributed by atoms with Crippen LogP contribution in [-0.2, 0) is 18.5 Å². The van der Waals surface area contributed by atoms with Crippen LogP contribution < -0.4 is 14.1 Å². The third kappa shape index (κ3) is 1.95. The Morgan fingerprint density at radius 2 is 1.45 bits per heavy atom. The lowest BCUT2D eigenvalue weighted by molar-refractivity contribution is -0.998. The van der Waals surface area contributed by atoms with E-state index in [2.05, 4.69) is 134 Å². The molecule has 0 radical (unpaired) electrons. The van der Waals surface area contributed by atoms with Crippen molar-refractivity contribution in [2.45, 2.75) is 24.4 Å². The lowest BCUT2D eigenvalue weighted by Gasteiger charge is -2.45. The molecule has 4 aromatic carbocycles.